The standard InChI is InChI=1S/C42H28N2S2/c1-3-13-29(14-4-1)33-17-7-9-19-36(33)43(30-15-5-2-6-16-30)31-24-26-38-42(28-31)46-40-22-12-10-20-37(40)44(38)32-23-25-35-34-18-8-11-21-39(34)45-41(35)27-32/h1-28H. The molecule has 0 bridgehead atoms. The number of para-hydroxylation sites is 3. The third-order valence-electron chi connectivity index (χ3n) is 8.63. The van der Waals surface area contributed by atoms with E-state index in [9.17, 15) is 0 Å². The lowest BCUT2D eigenvalue weighted by molar-refractivity contribution is 1.16. The average molecular weight is 625 g/mol. The Morgan fingerprint density at radius 1 is 0.457 bits per heavy atom. The second-order valence-electron chi connectivity index (χ2n) is 11.4. The van der Waals surface area contributed by atoms with Gasteiger partial charge in [-0.2, -0.15) is 0 Å². The summed E-state index contributed by atoms with van der Waals surface area (Å²) in [4.78, 5) is 7.29. The lowest BCUT2D eigenvalue weighted by Crippen LogP contribution is -2.16. The number of rotatable bonds is 5. The first-order valence-corrected chi connectivity index (χ1v) is 17.1. The second kappa shape index (κ2) is 11.3. The highest BCUT2D eigenvalue weighted by Gasteiger charge is 2.27. The summed E-state index contributed by atoms with van der Waals surface area (Å²) in [6, 6.07) is 61.4. The van der Waals surface area contributed by atoms with Gasteiger partial charge < -0.3 is 9.80 Å². The molecule has 0 atom stereocenters. The fraction of sp³-hybridized carbons (Fsp3) is 0. The van der Waals surface area contributed by atoms with Gasteiger partial charge >= 0.3 is 0 Å². The molecule has 0 saturated carbocycles. The normalized spacial score (nSPS) is 12.2. The Kier molecular flexibility index (Phi) is 6.62. The van der Waals surface area contributed by atoms with Gasteiger partial charge in [-0.3, -0.25) is 0 Å². The van der Waals surface area contributed by atoms with Crippen LogP contribution in [-0.4, -0.2) is 0 Å². The Morgan fingerprint density at radius 2 is 1.15 bits per heavy atom. The molecule has 1 aliphatic rings. The summed E-state index contributed by atoms with van der Waals surface area (Å²) >= 11 is 3.71. The SMILES string of the molecule is c1ccc(-c2ccccc2N(c2ccccc2)c2ccc3c(c2)Sc2ccccc2N3c2ccc3c(c2)sc2ccccc23)cc1. The van der Waals surface area contributed by atoms with E-state index in [0.29, 0.717) is 0 Å². The molecule has 1 aromatic heterocycles. The van der Waals surface area contributed by atoms with Crippen molar-refractivity contribution in [3.63, 3.8) is 0 Å². The van der Waals surface area contributed by atoms with Gasteiger partial charge in [0.15, 0.2) is 0 Å². The first kappa shape index (κ1) is 27.1. The van der Waals surface area contributed by atoms with Crippen LogP contribution in [0.15, 0.2) is 180 Å². The molecule has 0 unspecified atom stereocenters. The molecule has 0 saturated heterocycles. The lowest BCUT2D eigenvalue weighted by atomic mass is 10.0. The number of benzene rings is 7. The Hall–Kier alpha value is -5.29. The van der Waals surface area contributed by atoms with E-state index in [1.807, 2.05) is 23.1 Å². The highest BCUT2D eigenvalue weighted by Crippen LogP contribution is 2.54. The third-order valence-corrected chi connectivity index (χ3v) is 10.9. The van der Waals surface area contributed by atoms with E-state index in [2.05, 4.69) is 180 Å². The van der Waals surface area contributed by atoms with Crippen LogP contribution in [0.4, 0.5) is 34.1 Å². The van der Waals surface area contributed by atoms with Gasteiger partial charge in [0.2, 0.25) is 0 Å². The van der Waals surface area contributed by atoms with Gasteiger partial charge in [0.05, 0.1) is 17.1 Å². The van der Waals surface area contributed by atoms with Gasteiger partial charge in [0.1, 0.15) is 0 Å². The van der Waals surface area contributed by atoms with Gasteiger partial charge in [-0.15, -0.1) is 11.3 Å². The van der Waals surface area contributed by atoms with Crippen molar-refractivity contribution in [2.75, 3.05) is 9.80 Å². The van der Waals surface area contributed by atoms with Crippen molar-refractivity contribution in [1.82, 2.24) is 0 Å². The Bertz CT molecular complexity index is 2360. The van der Waals surface area contributed by atoms with E-state index < -0.39 is 0 Å². The van der Waals surface area contributed by atoms with Crippen molar-refractivity contribution in [3.05, 3.63) is 170 Å². The Morgan fingerprint density at radius 3 is 2.04 bits per heavy atom. The predicted molar refractivity (Wildman–Crippen MR) is 198 cm³/mol. The summed E-state index contributed by atoms with van der Waals surface area (Å²) < 4.78 is 2.63. The number of thiophene rings is 1. The minimum absolute atomic E-state index is 1.12. The smallest absolute Gasteiger partial charge is 0.0603 e. The van der Waals surface area contributed by atoms with Crippen LogP contribution in [0.3, 0.4) is 0 Å². The zero-order valence-electron chi connectivity index (χ0n) is 24.9. The summed E-state index contributed by atoms with van der Waals surface area (Å²) in [6.07, 6.45) is 0. The van der Waals surface area contributed by atoms with E-state index in [1.165, 1.54) is 58.2 Å². The summed E-state index contributed by atoms with van der Waals surface area (Å²) in [5.41, 5.74) is 9.37. The van der Waals surface area contributed by atoms with Crippen LogP contribution in [0.2, 0.25) is 0 Å². The number of hydrogen-bond donors (Lipinski definition) is 0. The number of nitrogens with zero attached hydrogens (tertiary/aromatic N) is 2. The molecule has 218 valence electrons. The lowest BCUT2D eigenvalue weighted by Gasteiger charge is -2.34. The van der Waals surface area contributed by atoms with Crippen molar-refractivity contribution in [2.45, 2.75) is 9.79 Å². The molecule has 46 heavy (non-hydrogen) atoms. The van der Waals surface area contributed by atoms with Crippen molar-refractivity contribution in [3.8, 4) is 11.1 Å². The molecule has 7 aromatic carbocycles. The monoisotopic (exact) mass is 624 g/mol. The largest absolute Gasteiger partial charge is 0.310 e. The average Bonchev–Trinajstić information content (AvgIpc) is 3.50. The molecule has 0 N–H and O–H groups in total. The molecule has 1 aliphatic heterocycles. The molecule has 0 spiro atoms. The second-order valence-corrected chi connectivity index (χ2v) is 13.6. The first-order chi connectivity index (χ1) is 22.8. The maximum Gasteiger partial charge on any atom is 0.0603 e. The predicted octanol–water partition coefficient (Wildman–Crippen LogP) is 13.1. The highest BCUT2D eigenvalue weighted by atomic mass is 32.2. The molecular formula is C42H28N2S2. The Labute approximate surface area is 276 Å². The van der Waals surface area contributed by atoms with Crippen LogP contribution in [0.25, 0.3) is 31.3 Å². The molecule has 2 heterocycles. The van der Waals surface area contributed by atoms with Crippen LogP contribution in [-0.2, 0) is 0 Å². The quantitative estimate of drug-likeness (QED) is 0.188. The fourth-order valence-electron chi connectivity index (χ4n) is 6.55. The maximum atomic E-state index is 2.43. The minimum atomic E-state index is 1.12. The molecular weight excluding hydrogens is 597 g/mol. The zero-order chi connectivity index (χ0) is 30.5. The van der Waals surface area contributed by atoms with Crippen molar-refractivity contribution in [2.24, 2.45) is 0 Å². The van der Waals surface area contributed by atoms with Gasteiger partial charge in [-0.05, 0) is 72.3 Å². The van der Waals surface area contributed by atoms with E-state index in [-0.39, 0.29) is 0 Å². The summed E-state index contributed by atoms with van der Waals surface area (Å²) in [6.45, 7) is 0. The van der Waals surface area contributed by atoms with Crippen LogP contribution in [0.5, 0.6) is 0 Å². The molecule has 2 nitrogen and oxygen atoms in total. The zero-order valence-corrected chi connectivity index (χ0v) is 26.5. The molecule has 0 amide bonds. The van der Waals surface area contributed by atoms with Crippen LogP contribution < -0.4 is 9.80 Å². The topological polar surface area (TPSA) is 6.48 Å². The van der Waals surface area contributed by atoms with Crippen molar-refractivity contribution >= 4 is 77.4 Å². The first-order valence-electron chi connectivity index (χ1n) is 15.4. The molecule has 0 fully saturated rings. The number of hydrogen-bond acceptors (Lipinski definition) is 4. The van der Waals surface area contributed by atoms with Gasteiger partial charge in [-0.1, -0.05) is 115 Å². The number of fused-ring (bicyclic) bond motifs is 5. The minimum Gasteiger partial charge on any atom is -0.310 e. The summed E-state index contributed by atoms with van der Waals surface area (Å²) in [5, 5.41) is 2.64. The van der Waals surface area contributed by atoms with E-state index in [0.717, 1.165) is 17.1 Å². The third kappa shape index (κ3) is 4.57. The Balaban J connectivity index is 1.21. The molecule has 0 aliphatic carbocycles. The van der Waals surface area contributed by atoms with Gasteiger partial charge in [0, 0.05) is 52.6 Å². The van der Waals surface area contributed by atoms with Crippen LogP contribution in [0, 0.1) is 0 Å². The van der Waals surface area contributed by atoms with Crippen molar-refractivity contribution < 1.29 is 0 Å². The summed E-state index contributed by atoms with van der Waals surface area (Å²) in [7, 11) is 0. The molecule has 9 rings (SSSR count). The maximum absolute atomic E-state index is 2.43. The van der Waals surface area contributed by atoms with Crippen molar-refractivity contribution in [1.29, 1.82) is 0 Å². The molecule has 8 aromatic rings. The van der Waals surface area contributed by atoms with E-state index >= 15 is 0 Å². The van der Waals surface area contributed by atoms with Crippen LogP contribution in [0.1, 0.15) is 0 Å². The summed E-state index contributed by atoms with van der Waals surface area (Å²) in [5.74, 6) is 0. The number of anilines is 6. The molecule has 4 heteroatoms. The van der Waals surface area contributed by atoms with E-state index in [4.69, 9.17) is 0 Å². The van der Waals surface area contributed by atoms with Gasteiger partial charge in [0.25, 0.3) is 0 Å². The fourth-order valence-corrected chi connectivity index (χ4v) is 8.78. The van der Waals surface area contributed by atoms with E-state index in [1.54, 1.807) is 0 Å². The van der Waals surface area contributed by atoms with Gasteiger partial charge in [-0.25, -0.2) is 0 Å². The molecule has 0 radical (unpaired) electrons. The highest BCUT2D eigenvalue weighted by molar-refractivity contribution is 7.99. The van der Waals surface area contributed by atoms with Crippen LogP contribution >= 0.6 is 23.1 Å².